The number of fused-ring (bicyclic) bond motifs is 1. The summed E-state index contributed by atoms with van der Waals surface area (Å²) < 4.78 is 11.8. The fourth-order valence-corrected chi connectivity index (χ4v) is 3.98. The van der Waals surface area contributed by atoms with Crippen molar-refractivity contribution in [3.05, 3.63) is 58.6 Å². The number of aromatic hydroxyl groups is 1. The standard InChI is InChI=1S/C22H24N2O4/c1-13-7-18(25)17(12-24-10-14(2)27-15(3)11-24)22-20(13)21(26)19(28-22)8-16-5-4-6-23-9-16/h4-9,14-15,25H,10-12H2,1-3H3/b19-8-/t14-,15-/m0/s1. The van der Waals surface area contributed by atoms with Crippen LogP contribution in [0.3, 0.4) is 0 Å². The van der Waals surface area contributed by atoms with Crippen LogP contribution in [-0.4, -0.2) is 46.1 Å². The van der Waals surface area contributed by atoms with Gasteiger partial charge in [0.2, 0.25) is 5.78 Å². The summed E-state index contributed by atoms with van der Waals surface area (Å²) in [4.78, 5) is 19.2. The molecular formula is C22H24N2O4. The largest absolute Gasteiger partial charge is 0.507 e. The molecule has 1 aromatic carbocycles. The molecule has 2 aliphatic heterocycles. The van der Waals surface area contributed by atoms with Gasteiger partial charge in [0.15, 0.2) is 5.76 Å². The molecular weight excluding hydrogens is 356 g/mol. The van der Waals surface area contributed by atoms with E-state index in [1.807, 2.05) is 32.9 Å². The molecule has 3 heterocycles. The van der Waals surface area contributed by atoms with Gasteiger partial charge in [0.05, 0.1) is 23.3 Å². The maximum Gasteiger partial charge on any atom is 0.232 e. The molecule has 0 bridgehead atoms. The smallest absolute Gasteiger partial charge is 0.232 e. The summed E-state index contributed by atoms with van der Waals surface area (Å²) in [6, 6.07) is 5.32. The number of pyridine rings is 1. The Bertz CT molecular complexity index is 929. The average molecular weight is 380 g/mol. The third kappa shape index (κ3) is 3.53. The molecule has 146 valence electrons. The number of ether oxygens (including phenoxy) is 2. The number of carbonyl (C=O) groups is 1. The number of nitrogens with zero attached hydrogens (tertiary/aromatic N) is 2. The molecule has 1 N–H and O–H groups in total. The van der Waals surface area contributed by atoms with Crippen LogP contribution in [0.1, 0.15) is 40.9 Å². The Morgan fingerprint density at radius 2 is 2.07 bits per heavy atom. The number of morpholine rings is 1. The van der Waals surface area contributed by atoms with Crippen molar-refractivity contribution in [1.82, 2.24) is 9.88 Å². The number of carbonyl (C=O) groups excluding carboxylic acids is 1. The average Bonchev–Trinajstić information content (AvgIpc) is 2.95. The third-order valence-corrected chi connectivity index (χ3v) is 5.08. The lowest BCUT2D eigenvalue weighted by molar-refractivity contribution is -0.0707. The monoisotopic (exact) mass is 380 g/mol. The Labute approximate surface area is 164 Å². The van der Waals surface area contributed by atoms with Gasteiger partial charge in [-0.15, -0.1) is 0 Å². The van der Waals surface area contributed by atoms with Gasteiger partial charge in [-0.1, -0.05) is 6.07 Å². The molecule has 0 unspecified atom stereocenters. The zero-order valence-corrected chi connectivity index (χ0v) is 16.3. The Hall–Kier alpha value is -2.70. The van der Waals surface area contributed by atoms with Gasteiger partial charge in [-0.3, -0.25) is 14.7 Å². The second-order valence-electron chi connectivity index (χ2n) is 7.57. The fourth-order valence-electron chi connectivity index (χ4n) is 3.98. The van der Waals surface area contributed by atoms with Crippen LogP contribution in [0.25, 0.3) is 6.08 Å². The van der Waals surface area contributed by atoms with Crippen molar-refractivity contribution in [1.29, 1.82) is 0 Å². The number of ketones is 1. The molecule has 0 radical (unpaired) electrons. The highest BCUT2D eigenvalue weighted by Crippen LogP contribution is 2.42. The molecule has 6 nitrogen and oxygen atoms in total. The molecule has 2 aliphatic rings. The molecule has 2 aromatic rings. The Balaban J connectivity index is 1.69. The number of hydrogen-bond acceptors (Lipinski definition) is 6. The number of benzene rings is 1. The van der Waals surface area contributed by atoms with E-state index in [1.165, 1.54) is 0 Å². The zero-order chi connectivity index (χ0) is 19.8. The normalized spacial score (nSPS) is 23.7. The number of phenols is 1. The molecule has 0 amide bonds. The number of aromatic nitrogens is 1. The van der Waals surface area contributed by atoms with E-state index in [0.29, 0.717) is 29.0 Å². The van der Waals surface area contributed by atoms with E-state index in [-0.39, 0.29) is 29.5 Å². The second kappa shape index (κ2) is 7.37. The molecule has 2 atom stereocenters. The van der Waals surface area contributed by atoms with Gasteiger partial charge in [0, 0.05) is 32.0 Å². The summed E-state index contributed by atoms with van der Waals surface area (Å²) in [6.45, 7) is 7.92. The minimum atomic E-state index is -0.165. The molecule has 0 spiro atoms. The first-order valence-corrected chi connectivity index (χ1v) is 9.50. The lowest BCUT2D eigenvalue weighted by Gasteiger charge is -2.35. The topological polar surface area (TPSA) is 71.9 Å². The van der Waals surface area contributed by atoms with Crippen LogP contribution in [-0.2, 0) is 11.3 Å². The first-order chi connectivity index (χ1) is 13.4. The SMILES string of the molecule is Cc1cc(O)c(CN2C[C@H](C)O[C@@H](C)C2)c2c1C(=O)/C(=C/c1cccnc1)O2. The molecule has 1 saturated heterocycles. The highest BCUT2D eigenvalue weighted by molar-refractivity contribution is 6.15. The number of allylic oxidation sites excluding steroid dienone is 1. The van der Waals surface area contributed by atoms with Gasteiger partial charge in [0.1, 0.15) is 11.5 Å². The van der Waals surface area contributed by atoms with E-state index in [2.05, 4.69) is 9.88 Å². The van der Waals surface area contributed by atoms with Gasteiger partial charge < -0.3 is 14.6 Å². The lowest BCUT2D eigenvalue weighted by atomic mass is 9.99. The van der Waals surface area contributed by atoms with Gasteiger partial charge in [-0.05, 0) is 50.1 Å². The van der Waals surface area contributed by atoms with E-state index in [0.717, 1.165) is 18.7 Å². The van der Waals surface area contributed by atoms with Crippen LogP contribution >= 0.6 is 0 Å². The first-order valence-electron chi connectivity index (χ1n) is 9.50. The highest BCUT2D eigenvalue weighted by atomic mass is 16.5. The van der Waals surface area contributed by atoms with Crippen molar-refractivity contribution >= 4 is 11.9 Å². The summed E-state index contributed by atoms with van der Waals surface area (Å²) in [7, 11) is 0. The van der Waals surface area contributed by atoms with E-state index < -0.39 is 0 Å². The molecule has 4 rings (SSSR count). The van der Waals surface area contributed by atoms with Crippen molar-refractivity contribution in [2.45, 2.75) is 39.5 Å². The van der Waals surface area contributed by atoms with Crippen LogP contribution in [0.15, 0.2) is 36.4 Å². The van der Waals surface area contributed by atoms with Gasteiger partial charge >= 0.3 is 0 Å². The van der Waals surface area contributed by atoms with Gasteiger partial charge in [-0.2, -0.15) is 0 Å². The maximum atomic E-state index is 13.0. The fraction of sp³-hybridized carbons (Fsp3) is 0.364. The number of phenolic OH excluding ortho intramolecular Hbond substituents is 1. The minimum absolute atomic E-state index is 0.118. The molecule has 1 fully saturated rings. The summed E-state index contributed by atoms with van der Waals surface area (Å²) in [6.07, 6.45) is 5.28. The van der Waals surface area contributed by atoms with E-state index in [4.69, 9.17) is 9.47 Å². The van der Waals surface area contributed by atoms with Crippen LogP contribution in [0.2, 0.25) is 0 Å². The van der Waals surface area contributed by atoms with E-state index in [9.17, 15) is 9.90 Å². The molecule has 28 heavy (non-hydrogen) atoms. The minimum Gasteiger partial charge on any atom is -0.507 e. The van der Waals surface area contributed by atoms with Crippen molar-refractivity contribution in [2.24, 2.45) is 0 Å². The van der Waals surface area contributed by atoms with Gasteiger partial charge in [-0.25, -0.2) is 0 Å². The van der Waals surface area contributed by atoms with Crippen LogP contribution in [0.5, 0.6) is 11.5 Å². The Morgan fingerprint density at radius 1 is 1.32 bits per heavy atom. The lowest BCUT2D eigenvalue weighted by Crippen LogP contribution is -2.44. The molecule has 0 aliphatic carbocycles. The first kappa shape index (κ1) is 18.7. The molecule has 0 saturated carbocycles. The van der Waals surface area contributed by atoms with Crippen molar-refractivity contribution in [2.75, 3.05) is 13.1 Å². The summed E-state index contributed by atoms with van der Waals surface area (Å²) >= 11 is 0. The van der Waals surface area contributed by atoms with Crippen molar-refractivity contribution in [3.63, 3.8) is 0 Å². The maximum absolute atomic E-state index is 13.0. The predicted molar refractivity (Wildman–Crippen MR) is 105 cm³/mol. The van der Waals surface area contributed by atoms with Gasteiger partial charge in [0.25, 0.3) is 0 Å². The van der Waals surface area contributed by atoms with E-state index in [1.54, 1.807) is 24.5 Å². The number of hydrogen-bond donors (Lipinski definition) is 1. The third-order valence-electron chi connectivity index (χ3n) is 5.08. The second-order valence-corrected chi connectivity index (χ2v) is 7.57. The Morgan fingerprint density at radius 3 is 2.75 bits per heavy atom. The number of rotatable bonds is 3. The van der Waals surface area contributed by atoms with Crippen LogP contribution < -0.4 is 4.74 Å². The summed E-state index contributed by atoms with van der Waals surface area (Å²) in [5.41, 5.74) is 2.67. The number of aryl methyl sites for hydroxylation is 1. The number of Topliss-reactive ketones (excluding diaryl/α,β-unsaturated/α-hetero) is 1. The summed E-state index contributed by atoms with van der Waals surface area (Å²) in [5, 5.41) is 10.6. The predicted octanol–water partition coefficient (Wildman–Crippen LogP) is 3.32. The summed E-state index contributed by atoms with van der Waals surface area (Å²) in [5.74, 6) is 0.700. The van der Waals surface area contributed by atoms with E-state index >= 15 is 0 Å². The highest BCUT2D eigenvalue weighted by Gasteiger charge is 2.34. The quantitative estimate of drug-likeness (QED) is 0.824. The Kier molecular flexibility index (Phi) is 4.91. The molecule has 6 heteroatoms. The zero-order valence-electron chi connectivity index (χ0n) is 16.3. The molecule has 1 aromatic heterocycles. The van der Waals surface area contributed by atoms with Crippen molar-refractivity contribution < 1.29 is 19.4 Å². The van der Waals surface area contributed by atoms with Crippen molar-refractivity contribution in [3.8, 4) is 11.5 Å². The van der Waals surface area contributed by atoms with Crippen LogP contribution in [0.4, 0.5) is 0 Å². The van der Waals surface area contributed by atoms with Crippen LogP contribution in [0, 0.1) is 6.92 Å².